The Balaban J connectivity index is 2.33. The number of nitrogens with two attached hydrogens (primary N) is 4. The molecule has 2 aliphatic rings. The molecule has 0 aromatic heterocycles. The molecule has 20 N–H and O–H groups in total. The molecule has 10 amide bonds. The third-order valence-corrected chi connectivity index (χ3v) is 13.3. The van der Waals surface area contributed by atoms with Crippen molar-refractivity contribution in [2.75, 3.05) is 26.2 Å². The van der Waals surface area contributed by atoms with Gasteiger partial charge in [0.15, 0.2) is 5.96 Å². The van der Waals surface area contributed by atoms with Gasteiger partial charge in [0, 0.05) is 26.1 Å². The first-order valence-electron chi connectivity index (χ1n) is 26.2. The molecule has 0 aromatic rings. The second-order valence-corrected chi connectivity index (χ2v) is 20.2. The number of aliphatic hydroxyl groups is 2. The quantitative estimate of drug-likeness (QED) is 0.0162. The summed E-state index contributed by atoms with van der Waals surface area (Å²) in [5, 5.41) is 65.3. The first kappa shape index (κ1) is 68.4. The number of nitrogens with one attached hydrogen (secondary N) is 7. The Hall–Kier alpha value is -7.74. The van der Waals surface area contributed by atoms with Gasteiger partial charge >= 0.3 is 17.9 Å². The van der Waals surface area contributed by atoms with Crippen LogP contribution in [0.15, 0.2) is 4.99 Å². The molecule has 0 radical (unpaired) electrons. The molecule has 0 unspecified atom stereocenters. The summed E-state index contributed by atoms with van der Waals surface area (Å²) in [4.78, 5) is 177. The van der Waals surface area contributed by atoms with E-state index in [1.54, 1.807) is 27.7 Å². The van der Waals surface area contributed by atoms with Crippen LogP contribution in [-0.2, 0) is 62.3 Å². The fourth-order valence-electron chi connectivity index (χ4n) is 8.74. The van der Waals surface area contributed by atoms with E-state index in [0.717, 1.165) is 9.80 Å². The summed E-state index contributed by atoms with van der Waals surface area (Å²) in [6.07, 6.45) is -3.40. The molecular weight excluding hydrogens is 1060 g/mol. The van der Waals surface area contributed by atoms with Gasteiger partial charge in [-0.1, -0.05) is 34.1 Å². The number of nitrogens with zero attached hydrogens (tertiary/aromatic N) is 3. The predicted octanol–water partition coefficient (Wildman–Crippen LogP) is -6.49. The van der Waals surface area contributed by atoms with E-state index in [-0.39, 0.29) is 76.5 Å². The van der Waals surface area contributed by atoms with Crippen LogP contribution in [0.4, 0.5) is 0 Å². The van der Waals surface area contributed by atoms with E-state index in [9.17, 15) is 87.9 Å². The predicted molar refractivity (Wildman–Crippen MR) is 279 cm³/mol. The lowest BCUT2D eigenvalue weighted by molar-refractivity contribution is -0.145. The maximum atomic E-state index is 14.3. The van der Waals surface area contributed by atoms with Crippen molar-refractivity contribution in [1.29, 1.82) is 0 Å². The van der Waals surface area contributed by atoms with Crippen molar-refractivity contribution >= 4 is 82.9 Å². The Morgan fingerprint density at radius 1 is 0.600 bits per heavy atom. The number of carbonyl (C=O) groups excluding carboxylic acids is 10. The summed E-state index contributed by atoms with van der Waals surface area (Å²) in [6, 6.07) is -15.3. The molecule has 450 valence electrons. The van der Waals surface area contributed by atoms with E-state index in [4.69, 9.17) is 22.9 Å². The van der Waals surface area contributed by atoms with E-state index in [1.807, 2.05) is 0 Å². The van der Waals surface area contributed by atoms with E-state index >= 15 is 0 Å². The molecule has 2 aliphatic heterocycles. The minimum absolute atomic E-state index is 0.00273. The van der Waals surface area contributed by atoms with Crippen molar-refractivity contribution in [3.05, 3.63) is 0 Å². The Kier molecular flexibility index (Phi) is 28.2. The average molecular weight is 1140 g/mol. The van der Waals surface area contributed by atoms with Crippen LogP contribution >= 0.6 is 0 Å². The average Bonchev–Trinajstić information content (AvgIpc) is 4.08. The minimum atomic E-state index is -1.94. The normalized spacial score (nSPS) is 18.7. The molecule has 12 atom stereocenters. The van der Waals surface area contributed by atoms with Crippen LogP contribution in [0.3, 0.4) is 0 Å². The summed E-state index contributed by atoms with van der Waals surface area (Å²) in [5.74, 6) is -15.5. The molecule has 0 saturated carbocycles. The van der Waals surface area contributed by atoms with Gasteiger partial charge in [-0.15, -0.1) is 0 Å². The van der Waals surface area contributed by atoms with Gasteiger partial charge in [-0.3, -0.25) is 62.5 Å². The molecule has 2 fully saturated rings. The van der Waals surface area contributed by atoms with Crippen molar-refractivity contribution in [3.63, 3.8) is 0 Å². The third kappa shape index (κ3) is 21.8. The zero-order valence-corrected chi connectivity index (χ0v) is 45.5. The summed E-state index contributed by atoms with van der Waals surface area (Å²) in [5.41, 5.74) is 21.6. The van der Waals surface area contributed by atoms with E-state index < -0.39 is 182 Å². The highest BCUT2D eigenvalue weighted by atomic mass is 16.4. The number of rotatable bonds is 34. The van der Waals surface area contributed by atoms with Crippen LogP contribution in [0.5, 0.6) is 0 Å². The number of aliphatic carboxylic acids is 3. The lowest BCUT2D eigenvalue weighted by Gasteiger charge is -2.33. The number of guanidine groups is 1. The zero-order valence-electron chi connectivity index (χ0n) is 45.5. The molecule has 2 saturated heterocycles. The SMILES string of the molecule is CC[C@H](C)[C@H](NC(=O)[C@H](CCC(=O)O)NC(=O)[C@@H](N)[C@@H](C)O)C(=O)N1CCC[C@H]1C(=O)N[C@@H](CO)C(=O)N[C@@H](CC(=O)O)C(=O)N[C@@H](CC(C)C)C(=O)N1CCC[C@H]1C(=O)N[C@@H](CCCN=C(N)N)C(=O)N[C@@H](CC(N)=O)C(=O)O. The number of aliphatic hydroxyl groups excluding tert-OH is 2. The molecule has 2 heterocycles. The molecule has 2 rings (SSSR count). The fourth-order valence-corrected chi connectivity index (χ4v) is 8.74. The molecule has 0 aliphatic carbocycles. The van der Waals surface area contributed by atoms with Gasteiger partial charge in [0.2, 0.25) is 59.1 Å². The van der Waals surface area contributed by atoms with Gasteiger partial charge in [0.1, 0.15) is 60.4 Å². The largest absolute Gasteiger partial charge is 0.481 e. The molecule has 32 heteroatoms. The number of carbonyl (C=O) groups is 13. The van der Waals surface area contributed by atoms with Gasteiger partial charge < -0.3 is 95.5 Å². The topological polar surface area (TPSA) is 530 Å². The fraction of sp³-hybridized carbons (Fsp3) is 0.708. The standard InChI is InChI=1S/C48H80N14O18/c1-6-23(4)37(60-39(71)26(13-14-34(66)67)55-44(76)36(50)24(5)64)46(78)62-17-9-12-32(62)43(75)59-30(21-63)41(73)56-27(20-35(68)69)40(72)57-28(18-22(2)3)45(77)61-16-8-11-31(61)42(74)54-25(10-7-15-53-48(51)52)38(70)58-29(47(79)80)19-33(49)65/h22-32,36-37,63-64H,6-21,50H2,1-5H3,(H2,49,65)(H,54,74)(H,55,76)(H,56,73)(H,57,72)(H,58,70)(H,59,75)(H,60,71)(H,66,67)(H,68,69)(H,79,80)(H4,51,52,53)/t23-,24+,25-,26-,27-,28-,29-,30-,31-,32-,36-,37-/m0/s1. The van der Waals surface area contributed by atoms with Gasteiger partial charge in [-0.25, -0.2) is 4.79 Å². The van der Waals surface area contributed by atoms with Crippen LogP contribution in [0, 0.1) is 11.8 Å². The van der Waals surface area contributed by atoms with Crippen LogP contribution in [0.2, 0.25) is 0 Å². The van der Waals surface area contributed by atoms with E-state index in [0.29, 0.717) is 6.42 Å². The summed E-state index contributed by atoms with van der Waals surface area (Å²) >= 11 is 0. The summed E-state index contributed by atoms with van der Waals surface area (Å²) < 4.78 is 0. The lowest BCUT2D eigenvalue weighted by Crippen LogP contribution is -2.61. The van der Waals surface area contributed by atoms with E-state index in [2.05, 4.69) is 42.2 Å². The van der Waals surface area contributed by atoms with E-state index in [1.165, 1.54) is 6.92 Å². The van der Waals surface area contributed by atoms with Gasteiger partial charge in [0.05, 0.1) is 25.6 Å². The minimum Gasteiger partial charge on any atom is -0.481 e. The highest BCUT2D eigenvalue weighted by molar-refractivity contribution is 6.00. The molecule has 80 heavy (non-hydrogen) atoms. The molecule has 0 aromatic carbocycles. The monoisotopic (exact) mass is 1140 g/mol. The maximum Gasteiger partial charge on any atom is 0.326 e. The van der Waals surface area contributed by atoms with Crippen molar-refractivity contribution in [2.45, 2.75) is 178 Å². The zero-order chi connectivity index (χ0) is 60.7. The summed E-state index contributed by atoms with van der Waals surface area (Å²) in [7, 11) is 0. The van der Waals surface area contributed by atoms with Gasteiger partial charge in [-0.05, 0) is 70.1 Å². The van der Waals surface area contributed by atoms with Crippen molar-refractivity contribution < 1.29 is 87.9 Å². The molecule has 32 nitrogen and oxygen atoms in total. The molecular formula is C48H80N14O18. The first-order valence-corrected chi connectivity index (χ1v) is 26.2. The second-order valence-electron chi connectivity index (χ2n) is 20.2. The van der Waals surface area contributed by atoms with Gasteiger partial charge in [-0.2, -0.15) is 0 Å². The highest BCUT2D eigenvalue weighted by Gasteiger charge is 2.43. The molecule has 0 spiro atoms. The number of hydrogen-bond donors (Lipinski definition) is 16. The lowest BCUT2D eigenvalue weighted by atomic mass is 9.96. The summed E-state index contributed by atoms with van der Waals surface area (Å²) in [6.45, 7) is 6.78. The van der Waals surface area contributed by atoms with Crippen LogP contribution < -0.4 is 60.2 Å². The Bertz CT molecular complexity index is 2280. The Morgan fingerprint density at radius 3 is 1.57 bits per heavy atom. The van der Waals surface area contributed by atoms with Crippen molar-refractivity contribution in [3.8, 4) is 0 Å². The van der Waals surface area contributed by atoms with Crippen LogP contribution in [-0.4, -0.2) is 211 Å². The Labute approximate surface area is 461 Å². The third-order valence-electron chi connectivity index (χ3n) is 13.3. The second kappa shape index (κ2) is 33.0. The number of primary amides is 1. The number of aliphatic imine (C=N–C) groups is 1. The highest BCUT2D eigenvalue weighted by Crippen LogP contribution is 2.24. The number of hydrogen-bond acceptors (Lipinski definition) is 17. The number of carboxylic acids is 3. The van der Waals surface area contributed by atoms with Gasteiger partial charge in [0.25, 0.3) is 0 Å². The molecule has 0 bridgehead atoms. The van der Waals surface area contributed by atoms with Crippen molar-refractivity contribution in [2.24, 2.45) is 39.8 Å². The van der Waals surface area contributed by atoms with Crippen LogP contribution in [0.1, 0.15) is 112 Å². The smallest absolute Gasteiger partial charge is 0.326 e. The number of carboxylic acid groups (broad SMARTS) is 3. The van der Waals surface area contributed by atoms with Crippen LogP contribution in [0.25, 0.3) is 0 Å². The number of likely N-dealkylation sites (tertiary alicyclic amines) is 2. The van der Waals surface area contributed by atoms with Crippen molar-refractivity contribution in [1.82, 2.24) is 47.0 Å². The number of amides is 10. The first-order chi connectivity index (χ1) is 37.4. The Morgan fingerprint density at radius 2 is 1.09 bits per heavy atom. The maximum absolute atomic E-state index is 14.3.